The van der Waals surface area contributed by atoms with Gasteiger partial charge in [-0.25, -0.2) is 0 Å². The minimum Gasteiger partial charge on any atom is -0.400 e. The molecule has 0 aliphatic carbocycles. The van der Waals surface area contributed by atoms with Crippen molar-refractivity contribution < 1.29 is 9.90 Å². The van der Waals surface area contributed by atoms with Crippen LogP contribution >= 0.6 is 0 Å². The lowest BCUT2D eigenvalue weighted by molar-refractivity contribution is -0.112. The molecule has 0 fully saturated rings. The zero-order valence-electron chi connectivity index (χ0n) is 8.34. The van der Waals surface area contributed by atoms with Crippen LogP contribution in [-0.2, 0) is 4.79 Å². The van der Waals surface area contributed by atoms with Gasteiger partial charge in [-0.3, -0.25) is 4.79 Å². The molecule has 0 amide bonds. The van der Waals surface area contributed by atoms with E-state index in [0.717, 1.165) is 13.5 Å². The summed E-state index contributed by atoms with van der Waals surface area (Å²) in [5.74, 6) is 0.150. The maximum Gasteiger partial charge on any atom is 0.152 e. The van der Waals surface area contributed by atoms with E-state index in [4.69, 9.17) is 5.11 Å². The fraction of sp³-hybridized carbons (Fsp3) is 0.700. The van der Waals surface area contributed by atoms with Crippen molar-refractivity contribution in [3.8, 4) is 0 Å². The molecule has 0 bridgehead atoms. The van der Waals surface area contributed by atoms with Crippen LogP contribution in [0.15, 0.2) is 12.2 Å². The first kappa shape index (κ1) is 13.9. The quantitative estimate of drug-likeness (QED) is 0.510. The Balaban J connectivity index is 0. The van der Waals surface area contributed by atoms with Crippen molar-refractivity contribution in [2.75, 3.05) is 7.11 Å². The molecule has 0 spiro atoms. The smallest absolute Gasteiger partial charge is 0.152 e. The molecule has 2 heteroatoms. The van der Waals surface area contributed by atoms with Crippen molar-refractivity contribution in [1.29, 1.82) is 0 Å². The van der Waals surface area contributed by atoms with Crippen LogP contribution in [0.5, 0.6) is 0 Å². The number of rotatable bonds is 5. The highest BCUT2D eigenvalue weighted by molar-refractivity contribution is 5.87. The second-order valence-corrected chi connectivity index (χ2v) is 2.51. The van der Waals surface area contributed by atoms with Crippen LogP contribution in [0.1, 0.15) is 39.5 Å². The summed E-state index contributed by atoms with van der Waals surface area (Å²) >= 11 is 0. The molecule has 0 aliphatic heterocycles. The van der Waals surface area contributed by atoms with E-state index in [1.54, 1.807) is 13.0 Å². The first-order chi connectivity index (χ1) is 5.77. The number of ketones is 1. The van der Waals surface area contributed by atoms with Crippen molar-refractivity contribution in [2.45, 2.75) is 39.5 Å². The monoisotopic (exact) mass is 172 g/mol. The van der Waals surface area contributed by atoms with Crippen LogP contribution in [0.3, 0.4) is 0 Å². The molecule has 0 aromatic heterocycles. The predicted molar refractivity (Wildman–Crippen MR) is 52.1 cm³/mol. The number of unbranched alkanes of at least 4 members (excludes halogenated alkanes) is 3. The Hall–Kier alpha value is -0.630. The number of hydrogen-bond acceptors (Lipinski definition) is 2. The predicted octanol–water partition coefficient (Wildman–Crippen LogP) is 2.32. The third-order valence-electron chi connectivity index (χ3n) is 1.33. The summed E-state index contributed by atoms with van der Waals surface area (Å²) in [6, 6.07) is 0. The highest BCUT2D eigenvalue weighted by atomic mass is 16.2. The molecule has 0 heterocycles. The molecule has 0 rings (SSSR count). The topological polar surface area (TPSA) is 37.3 Å². The Morgan fingerprint density at radius 1 is 1.33 bits per heavy atom. The Morgan fingerprint density at radius 2 is 1.92 bits per heavy atom. The number of carbonyl (C=O) groups is 1. The van der Waals surface area contributed by atoms with Gasteiger partial charge >= 0.3 is 0 Å². The fourth-order valence-corrected chi connectivity index (χ4v) is 0.761. The van der Waals surface area contributed by atoms with E-state index in [2.05, 4.69) is 6.92 Å². The van der Waals surface area contributed by atoms with Crippen LogP contribution in [0.2, 0.25) is 0 Å². The normalized spacial score (nSPS) is 9.33. The molecule has 72 valence electrons. The number of aliphatic hydroxyl groups excluding tert-OH is 1. The van der Waals surface area contributed by atoms with Gasteiger partial charge in [0.25, 0.3) is 0 Å². The van der Waals surface area contributed by atoms with Gasteiger partial charge in [0.1, 0.15) is 0 Å². The summed E-state index contributed by atoms with van der Waals surface area (Å²) in [4.78, 5) is 10.4. The van der Waals surface area contributed by atoms with Gasteiger partial charge in [-0.05, 0) is 25.8 Å². The lowest BCUT2D eigenvalue weighted by Gasteiger charge is -1.89. The van der Waals surface area contributed by atoms with E-state index in [1.165, 1.54) is 19.3 Å². The van der Waals surface area contributed by atoms with Crippen LogP contribution in [0.25, 0.3) is 0 Å². The zero-order chi connectivity index (χ0) is 9.82. The third-order valence-corrected chi connectivity index (χ3v) is 1.33. The Kier molecular flexibility index (Phi) is 15.1. The Morgan fingerprint density at radius 3 is 2.33 bits per heavy atom. The number of hydrogen-bond donors (Lipinski definition) is 1. The van der Waals surface area contributed by atoms with Gasteiger partial charge in [0.05, 0.1) is 0 Å². The van der Waals surface area contributed by atoms with Crippen LogP contribution in [0, 0.1) is 0 Å². The minimum absolute atomic E-state index is 0.150. The summed E-state index contributed by atoms with van der Waals surface area (Å²) in [5.41, 5.74) is 0. The van der Waals surface area contributed by atoms with Crippen molar-refractivity contribution in [3.05, 3.63) is 12.2 Å². The van der Waals surface area contributed by atoms with Gasteiger partial charge in [0, 0.05) is 7.11 Å². The molecule has 0 saturated carbocycles. The molecular formula is C10H20O2. The lowest BCUT2D eigenvalue weighted by atomic mass is 10.2. The molecule has 0 unspecified atom stereocenters. The van der Waals surface area contributed by atoms with Gasteiger partial charge in [0.15, 0.2) is 5.78 Å². The number of allylic oxidation sites excluding steroid dienone is 2. The van der Waals surface area contributed by atoms with E-state index >= 15 is 0 Å². The van der Waals surface area contributed by atoms with Gasteiger partial charge in [-0.2, -0.15) is 0 Å². The van der Waals surface area contributed by atoms with E-state index in [0.29, 0.717) is 0 Å². The number of aliphatic hydroxyl groups is 1. The van der Waals surface area contributed by atoms with Crippen LogP contribution in [0.4, 0.5) is 0 Å². The highest BCUT2D eigenvalue weighted by Crippen LogP contribution is 1.99. The fourth-order valence-electron chi connectivity index (χ4n) is 0.761. The second kappa shape index (κ2) is 13.0. The molecule has 12 heavy (non-hydrogen) atoms. The average molecular weight is 172 g/mol. The summed E-state index contributed by atoms with van der Waals surface area (Å²) in [5, 5.41) is 7.00. The third kappa shape index (κ3) is 16.2. The molecule has 0 aromatic carbocycles. The molecule has 2 nitrogen and oxygen atoms in total. The zero-order valence-corrected chi connectivity index (χ0v) is 8.34. The lowest BCUT2D eigenvalue weighted by Crippen LogP contribution is -1.79. The maximum absolute atomic E-state index is 10.4. The van der Waals surface area contributed by atoms with Gasteiger partial charge in [-0.1, -0.05) is 25.8 Å². The summed E-state index contributed by atoms with van der Waals surface area (Å²) in [6.45, 7) is 3.75. The highest BCUT2D eigenvalue weighted by Gasteiger charge is 1.83. The van der Waals surface area contributed by atoms with E-state index in [1.807, 2.05) is 6.08 Å². The van der Waals surface area contributed by atoms with Crippen LogP contribution < -0.4 is 0 Å². The molecule has 0 aromatic rings. The van der Waals surface area contributed by atoms with Crippen molar-refractivity contribution >= 4 is 5.78 Å². The maximum atomic E-state index is 10.4. The summed E-state index contributed by atoms with van der Waals surface area (Å²) in [7, 11) is 1.00. The van der Waals surface area contributed by atoms with Crippen molar-refractivity contribution in [3.63, 3.8) is 0 Å². The van der Waals surface area contributed by atoms with Crippen LogP contribution in [-0.4, -0.2) is 18.0 Å². The molecule has 0 aliphatic rings. The first-order valence-electron chi connectivity index (χ1n) is 4.39. The Bertz CT molecular complexity index is 117. The Labute approximate surface area is 75.3 Å². The molecule has 0 radical (unpaired) electrons. The minimum atomic E-state index is 0.150. The average Bonchev–Trinajstić information content (AvgIpc) is 2.07. The molecular weight excluding hydrogens is 152 g/mol. The molecule has 1 N–H and O–H groups in total. The molecule has 0 atom stereocenters. The van der Waals surface area contributed by atoms with Crippen molar-refractivity contribution in [2.24, 2.45) is 0 Å². The largest absolute Gasteiger partial charge is 0.400 e. The standard InChI is InChI=1S/C9H16O.CH4O/c1-3-4-5-6-7-8-9(2)10;1-2/h7-8H,3-6H2,1-2H3;2H,1H3. The second-order valence-electron chi connectivity index (χ2n) is 2.51. The SMILES string of the molecule is CCCCCC=CC(C)=O.CO. The van der Waals surface area contributed by atoms with Crippen molar-refractivity contribution in [1.82, 2.24) is 0 Å². The van der Waals surface area contributed by atoms with Gasteiger partial charge in [-0.15, -0.1) is 0 Å². The van der Waals surface area contributed by atoms with E-state index in [9.17, 15) is 4.79 Å². The van der Waals surface area contributed by atoms with E-state index < -0.39 is 0 Å². The first-order valence-corrected chi connectivity index (χ1v) is 4.39. The van der Waals surface area contributed by atoms with E-state index in [-0.39, 0.29) is 5.78 Å². The van der Waals surface area contributed by atoms with Gasteiger partial charge < -0.3 is 5.11 Å². The molecule has 0 saturated heterocycles. The van der Waals surface area contributed by atoms with Gasteiger partial charge in [0.2, 0.25) is 0 Å². The number of carbonyl (C=O) groups excluding carboxylic acids is 1. The summed E-state index contributed by atoms with van der Waals surface area (Å²) in [6.07, 6.45) is 8.37. The summed E-state index contributed by atoms with van der Waals surface area (Å²) < 4.78 is 0.